The van der Waals surface area contributed by atoms with Gasteiger partial charge in [0.2, 0.25) is 0 Å². The van der Waals surface area contributed by atoms with Crippen LogP contribution in [0.1, 0.15) is 22.6 Å². The molecule has 5 nitrogen and oxygen atoms in total. The van der Waals surface area contributed by atoms with Crippen LogP contribution in [0.4, 0.5) is 5.69 Å². The van der Waals surface area contributed by atoms with Gasteiger partial charge in [-0.15, -0.1) is 0 Å². The molecule has 0 aliphatic carbocycles. The third-order valence-corrected chi connectivity index (χ3v) is 2.73. The molecule has 0 radical (unpaired) electrons. The fraction of sp³-hybridized carbons (Fsp3) is 0.250. The number of rotatable bonds is 4. The number of anilines is 1. The van der Waals surface area contributed by atoms with E-state index in [-0.39, 0.29) is 0 Å². The van der Waals surface area contributed by atoms with Crippen LogP contribution in [0.2, 0.25) is 0 Å². The predicted molar refractivity (Wildman–Crippen MR) is 73.4 cm³/mol. The minimum atomic E-state index is 0.336. The van der Waals surface area contributed by atoms with E-state index in [9.17, 15) is 0 Å². The largest absolute Gasteiger partial charge is 0.389 e. The molecule has 2 aromatic heterocycles. The van der Waals surface area contributed by atoms with E-state index in [0.717, 1.165) is 28.3 Å². The topological polar surface area (TPSA) is 77.0 Å². The minimum absolute atomic E-state index is 0.336. The van der Waals surface area contributed by atoms with Gasteiger partial charge in [0, 0.05) is 23.1 Å². The van der Waals surface area contributed by atoms with Crippen LogP contribution in [-0.2, 0) is 6.54 Å². The molecule has 0 aromatic carbocycles. The molecule has 0 aliphatic rings. The Hall–Kier alpha value is -1.95. The summed E-state index contributed by atoms with van der Waals surface area (Å²) in [6.07, 6.45) is 1.54. The van der Waals surface area contributed by atoms with Crippen molar-refractivity contribution >= 4 is 22.9 Å². The maximum absolute atomic E-state index is 5.73. The molecular formula is C12H14N4OS. The second-order valence-corrected chi connectivity index (χ2v) is 4.42. The van der Waals surface area contributed by atoms with E-state index in [1.165, 1.54) is 6.26 Å². The van der Waals surface area contributed by atoms with Crippen molar-refractivity contribution in [2.45, 2.75) is 20.4 Å². The molecule has 0 bridgehead atoms. The molecule has 0 saturated carbocycles. The third kappa shape index (κ3) is 2.65. The summed E-state index contributed by atoms with van der Waals surface area (Å²) in [5.74, 6) is 0. The Labute approximate surface area is 110 Å². The first-order chi connectivity index (χ1) is 8.58. The van der Waals surface area contributed by atoms with Crippen molar-refractivity contribution in [2.24, 2.45) is 5.73 Å². The van der Waals surface area contributed by atoms with Crippen LogP contribution in [-0.4, -0.2) is 15.1 Å². The van der Waals surface area contributed by atoms with E-state index in [2.05, 4.69) is 15.5 Å². The number of nitrogens with one attached hydrogen (secondary N) is 1. The number of nitrogens with two attached hydrogens (primary N) is 1. The second-order valence-electron chi connectivity index (χ2n) is 3.98. The second kappa shape index (κ2) is 5.14. The molecule has 2 heterocycles. The van der Waals surface area contributed by atoms with E-state index in [1.807, 2.05) is 19.9 Å². The Kier molecular flexibility index (Phi) is 3.57. The molecule has 18 heavy (non-hydrogen) atoms. The van der Waals surface area contributed by atoms with Crippen molar-refractivity contribution in [1.29, 1.82) is 0 Å². The normalized spacial score (nSPS) is 10.3. The molecule has 0 amide bonds. The quantitative estimate of drug-likeness (QED) is 0.820. The van der Waals surface area contributed by atoms with Gasteiger partial charge in [-0.25, -0.2) is 0 Å². The summed E-state index contributed by atoms with van der Waals surface area (Å²) in [6.45, 7) is 4.37. The van der Waals surface area contributed by atoms with Crippen LogP contribution < -0.4 is 11.1 Å². The monoisotopic (exact) mass is 262 g/mol. The Morgan fingerprint density at radius 1 is 1.50 bits per heavy atom. The molecule has 0 spiro atoms. The van der Waals surface area contributed by atoms with Crippen LogP contribution in [0.15, 0.2) is 22.9 Å². The summed E-state index contributed by atoms with van der Waals surface area (Å²) >= 11 is 5.06. The number of thiocarbonyl (C=S) groups is 1. The zero-order valence-electron chi connectivity index (χ0n) is 10.2. The molecule has 0 unspecified atom stereocenters. The molecule has 2 rings (SSSR count). The number of pyridine rings is 1. The highest BCUT2D eigenvalue weighted by molar-refractivity contribution is 7.80. The van der Waals surface area contributed by atoms with Gasteiger partial charge in [0.25, 0.3) is 0 Å². The lowest BCUT2D eigenvalue weighted by atomic mass is 10.1. The number of hydrogen-bond donors (Lipinski definition) is 2. The Morgan fingerprint density at radius 2 is 2.28 bits per heavy atom. The van der Waals surface area contributed by atoms with E-state index in [0.29, 0.717) is 11.5 Å². The number of nitrogens with zero attached hydrogens (tertiary/aromatic N) is 2. The first kappa shape index (κ1) is 12.5. The van der Waals surface area contributed by atoms with Gasteiger partial charge < -0.3 is 15.6 Å². The minimum Gasteiger partial charge on any atom is -0.389 e. The fourth-order valence-electron chi connectivity index (χ4n) is 1.79. The zero-order chi connectivity index (χ0) is 13.1. The summed E-state index contributed by atoms with van der Waals surface area (Å²) in [4.78, 5) is 4.69. The average molecular weight is 262 g/mol. The van der Waals surface area contributed by atoms with Gasteiger partial charge in [0.15, 0.2) is 0 Å². The molecule has 94 valence electrons. The van der Waals surface area contributed by atoms with E-state index in [4.69, 9.17) is 22.5 Å². The molecule has 0 saturated heterocycles. The highest BCUT2D eigenvalue weighted by Crippen LogP contribution is 2.20. The molecule has 3 N–H and O–H groups in total. The van der Waals surface area contributed by atoms with Crippen LogP contribution in [0, 0.1) is 13.8 Å². The van der Waals surface area contributed by atoms with Crippen molar-refractivity contribution in [3.05, 3.63) is 41.0 Å². The van der Waals surface area contributed by atoms with Gasteiger partial charge >= 0.3 is 0 Å². The maximum Gasteiger partial charge on any atom is 0.124 e. The van der Waals surface area contributed by atoms with E-state index in [1.54, 1.807) is 6.07 Å². The van der Waals surface area contributed by atoms with Gasteiger partial charge in [0.05, 0.1) is 12.1 Å². The Morgan fingerprint density at radius 3 is 2.89 bits per heavy atom. The van der Waals surface area contributed by atoms with Gasteiger partial charge in [-0.2, -0.15) is 0 Å². The van der Waals surface area contributed by atoms with E-state index < -0.39 is 0 Å². The van der Waals surface area contributed by atoms with Crippen molar-refractivity contribution < 1.29 is 4.52 Å². The Bertz CT molecular complexity index is 566. The average Bonchev–Trinajstić information content (AvgIpc) is 2.77. The lowest BCUT2D eigenvalue weighted by Gasteiger charge is -2.13. The van der Waals surface area contributed by atoms with Gasteiger partial charge in [0.1, 0.15) is 16.9 Å². The summed E-state index contributed by atoms with van der Waals surface area (Å²) in [7, 11) is 0. The van der Waals surface area contributed by atoms with Crippen LogP contribution in [0.3, 0.4) is 0 Å². The summed E-state index contributed by atoms with van der Waals surface area (Å²) in [5.41, 5.74) is 9.93. The molecule has 2 aromatic rings. The van der Waals surface area contributed by atoms with Crippen LogP contribution in [0.25, 0.3) is 0 Å². The number of hydrogen-bond acceptors (Lipinski definition) is 5. The summed E-state index contributed by atoms with van der Waals surface area (Å²) in [6, 6.07) is 3.72. The van der Waals surface area contributed by atoms with Crippen molar-refractivity contribution in [3.8, 4) is 0 Å². The standard InChI is InChI=1S/C12H14N4OS/c1-7-5-10(11(12(13)18)8(2)15-7)14-6-9-3-4-17-16-9/h3-5H,6H2,1-2H3,(H2,13,18)(H,14,15). The zero-order valence-corrected chi connectivity index (χ0v) is 11.0. The SMILES string of the molecule is Cc1cc(NCc2ccon2)c(C(N)=S)c(C)n1. The predicted octanol–water partition coefficient (Wildman–Crippen LogP) is 1.93. The summed E-state index contributed by atoms with van der Waals surface area (Å²) in [5, 5.41) is 7.08. The van der Waals surface area contributed by atoms with Crippen molar-refractivity contribution in [2.75, 3.05) is 5.32 Å². The van der Waals surface area contributed by atoms with E-state index >= 15 is 0 Å². The Balaban J connectivity index is 2.28. The highest BCUT2D eigenvalue weighted by Gasteiger charge is 2.11. The van der Waals surface area contributed by atoms with Crippen LogP contribution in [0.5, 0.6) is 0 Å². The van der Waals surface area contributed by atoms with Crippen molar-refractivity contribution in [3.63, 3.8) is 0 Å². The molecule has 6 heteroatoms. The first-order valence-electron chi connectivity index (χ1n) is 5.49. The number of aromatic nitrogens is 2. The summed E-state index contributed by atoms with van der Waals surface area (Å²) < 4.78 is 4.78. The first-order valence-corrected chi connectivity index (χ1v) is 5.90. The molecule has 0 aliphatic heterocycles. The van der Waals surface area contributed by atoms with Crippen molar-refractivity contribution in [1.82, 2.24) is 10.1 Å². The van der Waals surface area contributed by atoms with Gasteiger partial charge in [-0.3, -0.25) is 4.98 Å². The lowest BCUT2D eigenvalue weighted by Crippen LogP contribution is -2.16. The van der Waals surface area contributed by atoms with Gasteiger partial charge in [-0.05, 0) is 19.9 Å². The number of aryl methyl sites for hydroxylation is 2. The molecule has 0 fully saturated rings. The molecular weight excluding hydrogens is 248 g/mol. The lowest BCUT2D eigenvalue weighted by molar-refractivity contribution is 0.412. The maximum atomic E-state index is 5.73. The fourth-order valence-corrected chi connectivity index (χ4v) is 2.05. The van der Waals surface area contributed by atoms with Gasteiger partial charge in [-0.1, -0.05) is 17.4 Å². The van der Waals surface area contributed by atoms with Crippen LogP contribution >= 0.6 is 12.2 Å². The smallest absolute Gasteiger partial charge is 0.124 e. The third-order valence-electron chi connectivity index (χ3n) is 2.53. The molecule has 0 atom stereocenters. The highest BCUT2D eigenvalue weighted by atomic mass is 32.1.